The molecule has 2 aliphatic rings. The summed E-state index contributed by atoms with van der Waals surface area (Å²) in [7, 11) is -3.68. The Morgan fingerprint density at radius 1 is 1.00 bits per heavy atom. The Kier molecular flexibility index (Phi) is 5.89. The molecular weight excluding hydrogens is 469 g/mol. The Balaban J connectivity index is 1.26. The van der Waals surface area contributed by atoms with Gasteiger partial charge in [-0.2, -0.15) is 4.31 Å². The normalized spacial score (nSPS) is 17.6. The number of sulfonamides is 1. The number of amides is 1. The lowest BCUT2D eigenvalue weighted by molar-refractivity contribution is 0.0754. The van der Waals surface area contributed by atoms with Crippen LogP contribution in [0.5, 0.6) is 0 Å². The van der Waals surface area contributed by atoms with Crippen LogP contribution in [-0.2, 0) is 10.0 Å². The van der Waals surface area contributed by atoms with E-state index >= 15 is 0 Å². The summed E-state index contributed by atoms with van der Waals surface area (Å²) in [5.41, 5.74) is 1.33. The first-order valence-electron chi connectivity index (χ1n) is 10.6. The van der Waals surface area contributed by atoms with Crippen molar-refractivity contribution < 1.29 is 22.0 Å². The van der Waals surface area contributed by atoms with Crippen molar-refractivity contribution in [3.05, 3.63) is 47.4 Å². The number of benzene rings is 1. The van der Waals surface area contributed by atoms with Gasteiger partial charge in [0, 0.05) is 50.3 Å². The number of nitrogens with zero attached hydrogens (tertiary/aromatic N) is 5. The molecule has 1 amide bonds. The monoisotopic (exact) mass is 491 g/mol. The standard InChI is InChI=1S/C21H22FN5O4S2/c22-16-3-5-17(6-4-16)25-9-11-27(12-10-25)33(29,30)18-13-15(14-32-18)19-23-24-20(31-19)21(28)26-7-1-2-8-26/h3-6,13-14H,1-2,7-12H2. The quantitative estimate of drug-likeness (QED) is 0.541. The topological polar surface area (TPSA) is 99.8 Å². The summed E-state index contributed by atoms with van der Waals surface area (Å²) in [5, 5.41) is 9.42. The molecule has 0 spiro atoms. The fourth-order valence-corrected chi connectivity index (χ4v) is 6.74. The summed E-state index contributed by atoms with van der Waals surface area (Å²) in [6, 6.07) is 7.68. The molecular formula is C21H22FN5O4S2. The predicted octanol–water partition coefficient (Wildman–Crippen LogP) is 2.68. The van der Waals surface area contributed by atoms with Crippen LogP contribution in [0.1, 0.15) is 23.5 Å². The molecule has 9 nitrogen and oxygen atoms in total. The third kappa shape index (κ3) is 4.37. The summed E-state index contributed by atoms with van der Waals surface area (Å²) in [6.07, 6.45) is 1.91. The molecule has 33 heavy (non-hydrogen) atoms. The lowest BCUT2D eigenvalue weighted by Crippen LogP contribution is -2.48. The molecule has 0 saturated carbocycles. The van der Waals surface area contributed by atoms with Gasteiger partial charge in [-0.25, -0.2) is 12.8 Å². The van der Waals surface area contributed by atoms with Crippen molar-refractivity contribution in [2.24, 2.45) is 0 Å². The number of piperazine rings is 1. The van der Waals surface area contributed by atoms with Gasteiger partial charge in [0.25, 0.3) is 10.0 Å². The lowest BCUT2D eigenvalue weighted by atomic mass is 10.2. The van der Waals surface area contributed by atoms with Gasteiger partial charge in [0.1, 0.15) is 10.0 Å². The number of aromatic nitrogens is 2. The van der Waals surface area contributed by atoms with E-state index in [0.29, 0.717) is 44.8 Å². The van der Waals surface area contributed by atoms with E-state index in [9.17, 15) is 17.6 Å². The molecule has 174 valence electrons. The molecule has 2 aliphatic heterocycles. The number of hydrogen-bond donors (Lipinski definition) is 0. The van der Waals surface area contributed by atoms with Crippen molar-refractivity contribution in [3.8, 4) is 11.5 Å². The van der Waals surface area contributed by atoms with Crippen molar-refractivity contribution in [2.75, 3.05) is 44.2 Å². The Morgan fingerprint density at radius 2 is 1.70 bits per heavy atom. The molecule has 12 heteroatoms. The molecule has 2 aromatic heterocycles. The van der Waals surface area contributed by atoms with Crippen LogP contribution >= 0.6 is 11.3 Å². The molecule has 0 aliphatic carbocycles. The minimum atomic E-state index is -3.68. The number of carbonyl (C=O) groups excluding carboxylic acids is 1. The van der Waals surface area contributed by atoms with Crippen molar-refractivity contribution in [3.63, 3.8) is 0 Å². The van der Waals surface area contributed by atoms with Gasteiger partial charge in [-0.3, -0.25) is 4.79 Å². The molecule has 0 bridgehead atoms. The van der Waals surface area contributed by atoms with Crippen LogP contribution in [0.15, 0.2) is 44.3 Å². The molecule has 3 aromatic rings. The molecule has 0 atom stereocenters. The first-order valence-corrected chi connectivity index (χ1v) is 13.0. The zero-order valence-corrected chi connectivity index (χ0v) is 19.3. The number of thiophene rings is 1. The highest BCUT2D eigenvalue weighted by Gasteiger charge is 2.31. The molecule has 0 N–H and O–H groups in total. The van der Waals surface area contributed by atoms with E-state index in [4.69, 9.17) is 4.42 Å². The van der Waals surface area contributed by atoms with Crippen molar-refractivity contribution >= 4 is 33.0 Å². The minimum absolute atomic E-state index is 0.0839. The molecule has 0 unspecified atom stereocenters. The van der Waals surface area contributed by atoms with Crippen molar-refractivity contribution in [2.45, 2.75) is 17.1 Å². The average molecular weight is 492 g/mol. The molecule has 2 fully saturated rings. The van der Waals surface area contributed by atoms with Gasteiger partial charge in [0.05, 0.1) is 5.56 Å². The van der Waals surface area contributed by atoms with Gasteiger partial charge in [0.2, 0.25) is 5.89 Å². The Morgan fingerprint density at radius 3 is 2.39 bits per heavy atom. The number of halogens is 1. The predicted molar refractivity (Wildman–Crippen MR) is 120 cm³/mol. The highest BCUT2D eigenvalue weighted by molar-refractivity contribution is 7.91. The van der Waals surface area contributed by atoms with Crippen LogP contribution in [-0.4, -0.2) is 73.0 Å². The van der Waals surface area contributed by atoms with E-state index in [1.165, 1.54) is 22.5 Å². The largest absolute Gasteiger partial charge is 0.412 e. The zero-order chi connectivity index (χ0) is 23.0. The van der Waals surface area contributed by atoms with Gasteiger partial charge >= 0.3 is 11.8 Å². The van der Waals surface area contributed by atoms with E-state index in [-0.39, 0.29) is 27.7 Å². The molecule has 2 saturated heterocycles. The van der Waals surface area contributed by atoms with E-state index < -0.39 is 10.0 Å². The maximum Gasteiger partial charge on any atom is 0.311 e. The fourth-order valence-electron chi connectivity index (χ4n) is 4.01. The van der Waals surface area contributed by atoms with Crippen LogP contribution in [0.2, 0.25) is 0 Å². The number of likely N-dealkylation sites (tertiary alicyclic amines) is 1. The van der Waals surface area contributed by atoms with Gasteiger partial charge in [0.15, 0.2) is 0 Å². The fraction of sp³-hybridized carbons (Fsp3) is 0.381. The molecule has 0 radical (unpaired) electrons. The van der Waals surface area contributed by atoms with Gasteiger partial charge in [-0.05, 0) is 43.2 Å². The number of anilines is 1. The first kappa shape index (κ1) is 22.0. The van der Waals surface area contributed by atoms with Gasteiger partial charge < -0.3 is 14.2 Å². The second-order valence-electron chi connectivity index (χ2n) is 7.93. The second kappa shape index (κ2) is 8.84. The summed E-state index contributed by atoms with van der Waals surface area (Å²) in [6.45, 7) is 3.01. The Labute approximate surface area is 194 Å². The Hall–Kier alpha value is -2.83. The Bertz CT molecular complexity index is 1240. The van der Waals surface area contributed by atoms with Gasteiger partial charge in [-0.1, -0.05) is 0 Å². The highest BCUT2D eigenvalue weighted by Crippen LogP contribution is 2.31. The average Bonchev–Trinajstić information content (AvgIpc) is 3.61. The van der Waals surface area contributed by atoms with E-state index in [2.05, 4.69) is 10.2 Å². The second-order valence-corrected chi connectivity index (χ2v) is 11.0. The number of rotatable bonds is 5. The van der Waals surface area contributed by atoms with Crippen LogP contribution < -0.4 is 4.90 Å². The SMILES string of the molecule is O=C(c1nnc(-c2csc(S(=O)(=O)N3CCN(c4ccc(F)cc4)CC3)c2)o1)N1CCCC1. The van der Waals surface area contributed by atoms with Crippen LogP contribution in [0.3, 0.4) is 0 Å². The molecule has 5 rings (SSSR count). The maximum absolute atomic E-state index is 13.2. The van der Waals surface area contributed by atoms with Crippen LogP contribution in [0, 0.1) is 5.82 Å². The summed E-state index contributed by atoms with van der Waals surface area (Å²) < 4.78 is 46.6. The van der Waals surface area contributed by atoms with E-state index in [1.807, 2.05) is 4.90 Å². The highest BCUT2D eigenvalue weighted by atomic mass is 32.2. The van der Waals surface area contributed by atoms with Crippen LogP contribution in [0.4, 0.5) is 10.1 Å². The van der Waals surface area contributed by atoms with Crippen molar-refractivity contribution in [1.29, 1.82) is 0 Å². The zero-order valence-electron chi connectivity index (χ0n) is 17.7. The lowest BCUT2D eigenvalue weighted by Gasteiger charge is -2.35. The molecule has 1 aromatic carbocycles. The maximum atomic E-state index is 13.2. The van der Waals surface area contributed by atoms with Crippen LogP contribution in [0.25, 0.3) is 11.5 Å². The minimum Gasteiger partial charge on any atom is -0.412 e. The molecule has 4 heterocycles. The summed E-state index contributed by atoms with van der Waals surface area (Å²) in [4.78, 5) is 16.1. The van der Waals surface area contributed by atoms with Crippen molar-refractivity contribution in [1.82, 2.24) is 19.4 Å². The third-order valence-electron chi connectivity index (χ3n) is 5.85. The third-order valence-corrected chi connectivity index (χ3v) is 9.16. The van der Waals surface area contributed by atoms with E-state index in [0.717, 1.165) is 29.9 Å². The first-order chi connectivity index (χ1) is 15.9. The summed E-state index contributed by atoms with van der Waals surface area (Å²) >= 11 is 1.08. The number of carbonyl (C=O) groups is 1. The van der Waals surface area contributed by atoms with E-state index in [1.54, 1.807) is 22.4 Å². The smallest absolute Gasteiger partial charge is 0.311 e. The van der Waals surface area contributed by atoms with Gasteiger partial charge in [-0.15, -0.1) is 21.5 Å². The number of hydrogen-bond acceptors (Lipinski definition) is 8. The summed E-state index contributed by atoms with van der Waals surface area (Å²) in [5.74, 6) is -0.564.